The van der Waals surface area contributed by atoms with Crippen LogP contribution in [0.2, 0.25) is 0 Å². The number of fused-ring (bicyclic) bond motifs is 1. The maximum absolute atomic E-state index is 12.6. The lowest BCUT2D eigenvalue weighted by atomic mass is 9.81. The van der Waals surface area contributed by atoms with E-state index in [9.17, 15) is 19.5 Å². The molecule has 1 aliphatic carbocycles. The standard InChI is InChI=1S/C21H22O5/c22-19(23)16-11-3-1-2-4-12-18(16)21(25)26-20(24)17-13-7-9-14-8-5-6-10-15(14)17/h5-10,13,16,18H,1-4,11-12H2,(H,22,23). The third-order valence-corrected chi connectivity index (χ3v) is 5.09. The predicted molar refractivity (Wildman–Crippen MR) is 96.7 cm³/mol. The molecule has 2 unspecified atom stereocenters. The number of carbonyl (C=O) groups is 3. The number of carboxylic acids is 1. The highest BCUT2D eigenvalue weighted by molar-refractivity contribution is 6.07. The van der Waals surface area contributed by atoms with Crippen molar-refractivity contribution in [1.82, 2.24) is 0 Å². The molecular weight excluding hydrogens is 332 g/mol. The zero-order chi connectivity index (χ0) is 18.5. The number of esters is 2. The Labute approximate surface area is 152 Å². The molecule has 0 spiro atoms. The molecule has 3 rings (SSSR count). The highest BCUT2D eigenvalue weighted by atomic mass is 16.6. The summed E-state index contributed by atoms with van der Waals surface area (Å²) in [5.41, 5.74) is 0.314. The molecule has 2 aromatic carbocycles. The fourth-order valence-electron chi connectivity index (χ4n) is 3.69. The van der Waals surface area contributed by atoms with Gasteiger partial charge < -0.3 is 9.84 Å². The molecule has 1 saturated carbocycles. The van der Waals surface area contributed by atoms with E-state index < -0.39 is 29.7 Å². The summed E-state index contributed by atoms with van der Waals surface area (Å²) in [5, 5.41) is 11.1. The predicted octanol–water partition coefficient (Wildman–Crippen LogP) is 4.19. The largest absolute Gasteiger partial charge is 0.481 e. The first-order valence-corrected chi connectivity index (χ1v) is 9.04. The number of carbonyl (C=O) groups excluding carboxylic acids is 2. The second kappa shape index (κ2) is 8.13. The molecule has 1 aliphatic rings. The minimum absolute atomic E-state index is 0.314. The van der Waals surface area contributed by atoms with Gasteiger partial charge in [-0.25, -0.2) is 4.79 Å². The lowest BCUT2D eigenvalue weighted by Crippen LogP contribution is -2.33. The molecule has 0 bridgehead atoms. The minimum Gasteiger partial charge on any atom is -0.481 e. The molecule has 0 aromatic heterocycles. The summed E-state index contributed by atoms with van der Waals surface area (Å²) < 4.78 is 5.12. The number of benzene rings is 2. The van der Waals surface area contributed by atoms with E-state index in [4.69, 9.17) is 4.74 Å². The molecule has 2 atom stereocenters. The summed E-state index contributed by atoms with van der Waals surface area (Å²) in [6, 6.07) is 12.6. The first kappa shape index (κ1) is 18.1. The van der Waals surface area contributed by atoms with E-state index in [0.29, 0.717) is 23.8 Å². The average molecular weight is 354 g/mol. The second-order valence-electron chi connectivity index (χ2n) is 6.78. The lowest BCUT2D eigenvalue weighted by Gasteiger charge is -2.24. The van der Waals surface area contributed by atoms with Crippen LogP contribution >= 0.6 is 0 Å². The number of hydrogen-bond acceptors (Lipinski definition) is 4. The Bertz CT molecular complexity index is 821. The summed E-state index contributed by atoms with van der Waals surface area (Å²) in [6.45, 7) is 0. The van der Waals surface area contributed by atoms with Gasteiger partial charge in [-0.1, -0.05) is 62.1 Å². The van der Waals surface area contributed by atoms with Crippen molar-refractivity contribution >= 4 is 28.7 Å². The quantitative estimate of drug-likeness (QED) is 0.660. The topological polar surface area (TPSA) is 80.7 Å². The van der Waals surface area contributed by atoms with E-state index >= 15 is 0 Å². The van der Waals surface area contributed by atoms with E-state index in [1.807, 2.05) is 24.3 Å². The third-order valence-electron chi connectivity index (χ3n) is 5.09. The molecule has 26 heavy (non-hydrogen) atoms. The molecule has 0 saturated heterocycles. The fraction of sp³-hybridized carbons (Fsp3) is 0.381. The molecule has 0 aliphatic heterocycles. The smallest absolute Gasteiger partial charge is 0.346 e. The summed E-state index contributed by atoms with van der Waals surface area (Å²) in [4.78, 5) is 36.7. The van der Waals surface area contributed by atoms with Crippen molar-refractivity contribution in [3.63, 3.8) is 0 Å². The molecule has 136 valence electrons. The van der Waals surface area contributed by atoms with Crippen molar-refractivity contribution in [1.29, 1.82) is 0 Å². The summed E-state index contributed by atoms with van der Waals surface area (Å²) in [6.07, 6.45) is 4.37. The number of carboxylic acid groups (broad SMARTS) is 1. The Morgan fingerprint density at radius 3 is 2.23 bits per heavy atom. The van der Waals surface area contributed by atoms with Gasteiger partial charge in [-0.05, 0) is 29.7 Å². The van der Waals surface area contributed by atoms with Gasteiger partial charge in [0.05, 0.1) is 17.4 Å². The molecule has 0 heterocycles. The van der Waals surface area contributed by atoms with Crippen molar-refractivity contribution < 1.29 is 24.2 Å². The summed E-state index contributed by atoms with van der Waals surface area (Å²) >= 11 is 0. The molecule has 1 N–H and O–H groups in total. The average Bonchev–Trinajstić information content (AvgIpc) is 2.60. The number of aliphatic carboxylic acids is 1. The number of hydrogen-bond donors (Lipinski definition) is 1. The van der Waals surface area contributed by atoms with Gasteiger partial charge in [0, 0.05) is 0 Å². The third kappa shape index (κ3) is 3.93. The van der Waals surface area contributed by atoms with Gasteiger partial charge >= 0.3 is 17.9 Å². The lowest BCUT2D eigenvalue weighted by molar-refractivity contribution is -0.155. The van der Waals surface area contributed by atoms with E-state index in [0.717, 1.165) is 31.1 Å². The van der Waals surface area contributed by atoms with E-state index in [-0.39, 0.29) is 0 Å². The summed E-state index contributed by atoms with van der Waals surface area (Å²) in [5.74, 6) is -4.00. The van der Waals surface area contributed by atoms with Crippen molar-refractivity contribution in [3.8, 4) is 0 Å². The molecule has 5 heteroatoms. The molecule has 0 amide bonds. The highest BCUT2D eigenvalue weighted by Crippen LogP contribution is 2.30. The van der Waals surface area contributed by atoms with Crippen LogP contribution in [0.3, 0.4) is 0 Å². The molecular formula is C21H22O5. The monoisotopic (exact) mass is 354 g/mol. The van der Waals surface area contributed by atoms with Crippen molar-refractivity contribution in [2.45, 2.75) is 38.5 Å². The maximum atomic E-state index is 12.6. The van der Waals surface area contributed by atoms with Gasteiger partial charge in [-0.3, -0.25) is 9.59 Å². The molecule has 0 radical (unpaired) electrons. The van der Waals surface area contributed by atoms with Crippen LogP contribution in [0.25, 0.3) is 10.8 Å². The normalized spacial score (nSPS) is 20.8. The number of ether oxygens (including phenoxy) is 1. The Morgan fingerprint density at radius 1 is 0.846 bits per heavy atom. The van der Waals surface area contributed by atoms with Crippen LogP contribution in [0.4, 0.5) is 0 Å². The Kier molecular flexibility index (Phi) is 5.66. The highest BCUT2D eigenvalue weighted by Gasteiger charge is 2.36. The van der Waals surface area contributed by atoms with E-state index in [1.54, 1.807) is 18.2 Å². The first-order valence-electron chi connectivity index (χ1n) is 9.04. The zero-order valence-corrected chi connectivity index (χ0v) is 14.5. The van der Waals surface area contributed by atoms with Gasteiger partial charge in [-0.2, -0.15) is 0 Å². The Balaban J connectivity index is 1.80. The van der Waals surface area contributed by atoms with Gasteiger partial charge in [0.1, 0.15) is 0 Å². The number of rotatable bonds is 3. The Morgan fingerprint density at radius 2 is 1.50 bits per heavy atom. The van der Waals surface area contributed by atoms with Gasteiger partial charge in [0.2, 0.25) is 0 Å². The van der Waals surface area contributed by atoms with Crippen LogP contribution in [0, 0.1) is 11.8 Å². The van der Waals surface area contributed by atoms with Crippen molar-refractivity contribution in [3.05, 3.63) is 48.0 Å². The van der Waals surface area contributed by atoms with E-state index in [2.05, 4.69) is 0 Å². The van der Waals surface area contributed by atoms with Crippen LogP contribution in [-0.2, 0) is 14.3 Å². The minimum atomic E-state index is -0.994. The SMILES string of the molecule is O=C(OC(=O)C1CCCCCCC1C(=O)O)c1cccc2ccccc12. The van der Waals surface area contributed by atoms with Crippen LogP contribution < -0.4 is 0 Å². The van der Waals surface area contributed by atoms with Gasteiger partial charge in [0.25, 0.3) is 0 Å². The molecule has 1 fully saturated rings. The first-order chi connectivity index (χ1) is 12.6. The van der Waals surface area contributed by atoms with Crippen molar-refractivity contribution in [2.75, 3.05) is 0 Å². The van der Waals surface area contributed by atoms with Gasteiger partial charge in [-0.15, -0.1) is 0 Å². The Hall–Kier alpha value is -2.69. The maximum Gasteiger partial charge on any atom is 0.346 e. The van der Waals surface area contributed by atoms with Crippen LogP contribution in [0.5, 0.6) is 0 Å². The fourth-order valence-corrected chi connectivity index (χ4v) is 3.69. The van der Waals surface area contributed by atoms with Gasteiger partial charge in [0.15, 0.2) is 0 Å². The molecule has 5 nitrogen and oxygen atoms in total. The van der Waals surface area contributed by atoms with Crippen LogP contribution in [0.1, 0.15) is 48.9 Å². The van der Waals surface area contributed by atoms with Crippen LogP contribution in [0.15, 0.2) is 42.5 Å². The van der Waals surface area contributed by atoms with Crippen molar-refractivity contribution in [2.24, 2.45) is 11.8 Å². The second-order valence-corrected chi connectivity index (χ2v) is 6.78. The molecule has 2 aromatic rings. The van der Waals surface area contributed by atoms with E-state index in [1.165, 1.54) is 0 Å². The summed E-state index contributed by atoms with van der Waals surface area (Å²) in [7, 11) is 0. The van der Waals surface area contributed by atoms with Crippen LogP contribution in [-0.4, -0.2) is 23.0 Å². The zero-order valence-electron chi connectivity index (χ0n) is 14.5.